The van der Waals surface area contributed by atoms with Gasteiger partial charge in [0.25, 0.3) is 5.91 Å². The van der Waals surface area contributed by atoms with E-state index in [0.717, 1.165) is 18.4 Å². The summed E-state index contributed by atoms with van der Waals surface area (Å²) in [4.78, 5) is 28.2. The molecule has 1 aliphatic carbocycles. The molecule has 0 bridgehead atoms. The highest BCUT2D eigenvalue weighted by atomic mass is 35.5. The molecule has 2 aliphatic rings. The van der Waals surface area contributed by atoms with Gasteiger partial charge in [-0.2, -0.15) is 0 Å². The molecule has 1 heterocycles. The molecule has 34 heavy (non-hydrogen) atoms. The largest absolute Gasteiger partial charge is 0.493 e. The summed E-state index contributed by atoms with van der Waals surface area (Å²) in [7, 11) is 4.64. The van der Waals surface area contributed by atoms with Crippen molar-refractivity contribution < 1.29 is 23.8 Å². The van der Waals surface area contributed by atoms with Crippen molar-refractivity contribution in [2.24, 2.45) is 11.8 Å². The normalized spacial score (nSPS) is 19.6. The van der Waals surface area contributed by atoms with Crippen molar-refractivity contribution in [2.75, 3.05) is 41.0 Å². The summed E-state index contributed by atoms with van der Waals surface area (Å²) < 4.78 is 16.5. The molecule has 2 unspecified atom stereocenters. The fourth-order valence-corrected chi connectivity index (χ4v) is 4.91. The Morgan fingerprint density at radius 3 is 2.24 bits per heavy atom. The topological polar surface area (TPSA) is 77.1 Å². The number of amides is 2. The second kappa shape index (κ2) is 10.3. The Kier molecular flexibility index (Phi) is 7.43. The van der Waals surface area contributed by atoms with Crippen LogP contribution in [0.3, 0.4) is 0 Å². The van der Waals surface area contributed by atoms with E-state index in [9.17, 15) is 9.59 Å². The van der Waals surface area contributed by atoms with Gasteiger partial charge >= 0.3 is 0 Å². The van der Waals surface area contributed by atoms with Gasteiger partial charge in [0.05, 0.1) is 37.8 Å². The third-order valence-electron chi connectivity index (χ3n) is 6.48. The minimum Gasteiger partial charge on any atom is -0.493 e. The van der Waals surface area contributed by atoms with E-state index in [0.29, 0.717) is 46.8 Å². The summed E-state index contributed by atoms with van der Waals surface area (Å²) in [6, 6.07) is 8.48. The zero-order valence-electron chi connectivity index (χ0n) is 19.4. The molecule has 0 aromatic heterocycles. The van der Waals surface area contributed by atoms with Crippen molar-refractivity contribution in [2.45, 2.75) is 18.8 Å². The summed E-state index contributed by atoms with van der Waals surface area (Å²) >= 11 is 12.3. The summed E-state index contributed by atoms with van der Waals surface area (Å²) in [5.41, 5.74) is 1.19. The third kappa shape index (κ3) is 5.05. The quantitative estimate of drug-likeness (QED) is 0.573. The first-order valence-corrected chi connectivity index (χ1v) is 11.9. The number of halogens is 2. The van der Waals surface area contributed by atoms with Gasteiger partial charge in [-0.15, -0.1) is 0 Å². The lowest BCUT2D eigenvalue weighted by Gasteiger charge is -2.21. The molecule has 2 atom stereocenters. The van der Waals surface area contributed by atoms with Gasteiger partial charge in [-0.3, -0.25) is 9.59 Å². The van der Waals surface area contributed by atoms with Crippen LogP contribution in [0.1, 0.15) is 34.7 Å². The third-order valence-corrected chi connectivity index (χ3v) is 7.03. The first-order chi connectivity index (χ1) is 16.4. The minimum atomic E-state index is -0.434. The van der Waals surface area contributed by atoms with Gasteiger partial charge in [0, 0.05) is 30.6 Å². The molecule has 0 spiro atoms. The molecule has 2 fully saturated rings. The maximum atomic E-state index is 13.3. The Morgan fingerprint density at radius 2 is 1.68 bits per heavy atom. The molecular weight excluding hydrogens is 479 g/mol. The average molecular weight is 507 g/mol. The number of hydrogen-bond acceptors (Lipinski definition) is 5. The number of methoxy groups -OCH3 is 3. The lowest BCUT2D eigenvalue weighted by molar-refractivity contribution is -0.125. The van der Waals surface area contributed by atoms with E-state index in [1.165, 1.54) is 0 Å². The molecule has 182 valence electrons. The van der Waals surface area contributed by atoms with Gasteiger partial charge in [-0.05, 0) is 54.7 Å². The van der Waals surface area contributed by atoms with Gasteiger partial charge in [0.2, 0.25) is 11.7 Å². The molecule has 1 saturated carbocycles. The maximum absolute atomic E-state index is 13.3. The van der Waals surface area contributed by atoms with E-state index in [-0.39, 0.29) is 29.3 Å². The highest BCUT2D eigenvalue weighted by Gasteiger charge is 2.42. The number of ether oxygens (including phenoxy) is 3. The summed E-state index contributed by atoms with van der Waals surface area (Å²) in [5, 5.41) is 3.81. The number of nitrogens with zero attached hydrogens (tertiary/aromatic N) is 1. The summed E-state index contributed by atoms with van der Waals surface area (Å²) in [5.74, 6) is 1.02. The fourth-order valence-electron chi connectivity index (χ4n) is 4.42. The lowest BCUT2D eigenvalue weighted by atomic mass is 9.88. The zero-order chi connectivity index (χ0) is 24.4. The molecule has 1 N–H and O–H groups in total. The van der Waals surface area contributed by atoms with Gasteiger partial charge in [0.1, 0.15) is 0 Å². The van der Waals surface area contributed by atoms with Crippen molar-refractivity contribution in [3.05, 3.63) is 51.5 Å². The van der Waals surface area contributed by atoms with Crippen molar-refractivity contribution in [1.82, 2.24) is 10.2 Å². The van der Waals surface area contributed by atoms with Crippen molar-refractivity contribution in [1.29, 1.82) is 0 Å². The van der Waals surface area contributed by atoms with E-state index < -0.39 is 5.92 Å². The number of nitrogens with one attached hydrogen (secondary N) is 1. The molecule has 7 nitrogen and oxygen atoms in total. The molecular formula is C25H28Cl2N2O5. The first-order valence-electron chi connectivity index (χ1n) is 11.2. The monoisotopic (exact) mass is 506 g/mol. The molecule has 2 aromatic rings. The first kappa shape index (κ1) is 24.5. The van der Waals surface area contributed by atoms with Crippen LogP contribution in [0.2, 0.25) is 10.0 Å². The standard InChI is InChI=1S/C25H28Cl2N2O5/c1-32-21-8-15(9-22(33-2)23(21)34-3)18-12-29(13-19(18)24(30)28-11-14-4-5-14)25(31)17-7-6-16(26)10-20(17)27/h6-10,14,18-19H,4-5,11-13H2,1-3H3,(H,28,30). The smallest absolute Gasteiger partial charge is 0.255 e. The van der Waals surface area contributed by atoms with E-state index >= 15 is 0 Å². The van der Waals surface area contributed by atoms with Crippen LogP contribution in [0.15, 0.2) is 30.3 Å². The van der Waals surface area contributed by atoms with Crippen LogP contribution < -0.4 is 19.5 Å². The molecule has 4 rings (SSSR count). The predicted molar refractivity (Wildman–Crippen MR) is 130 cm³/mol. The van der Waals surface area contributed by atoms with E-state index in [1.54, 1.807) is 44.4 Å². The van der Waals surface area contributed by atoms with Gasteiger partial charge in [-0.25, -0.2) is 0 Å². The van der Waals surface area contributed by atoms with Gasteiger partial charge in [0.15, 0.2) is 11.5 Å². The highest BCUT2D eigenvalue weighted by molar-refractivity contribution is 6.36. The second-order valence-corrected chi connectivity index (χ2v) is 9.54. The van der Waals surface area contributed by atoms with Crippen LogP contribution in [0, 0.1) is 11.8 Å². The maximum Gasteiger partial charge on any atom is 0.255 e. The Hall–Kier alpha value is -2.64. The van der Waals surface area contributed by atoms with E-state index in [1.807, 2.05) is 12.1 Å². The number of likely N-dealkylation sites (tertiary alicyclic amines) is 1. The van der Waals surface area contributed by atoms with Crippen molar-refractivity contribution >= 4 is 35.0 Å². The average Bonchev–Trinajstić information content (AvgIpc) is 3.56. The van der Waals surface area contributed by atoms with E-state index in [2.05, 4.69) is 5.32 Å². The molecule has 1 aliphatic heterocycles. The Bertz CT molecular complexity index is 1060. The van der Waals surface area contributed by atoms with Crippen molar-refractivity contribution in [3.8, 4) is 17.2 Å². The van der Waals surface area contributed by atoms with Crippen LogP contribution in [-0.4, -0.2) is 57.7 Å². The fraction of sp³-hybridized carbons (Fsp3) is 0.440. The van der Waals surface area contributed by atoms with Crippen LogP contribution in [0.25, 0.3) is 0 Å². The lowest BCUT2D eigenvalue weighted by Crippen LogP contribution is -2.36. The molecule has 0 radical (unpaired) electrons. The van der Waals surface area contributed by atoms with Crippen LogP contribution in [0.5, 0.6) is 17.2 Å². The van der Waals surface area contributed by atoms with Crippen LogP contribution in [0.4, 0.5) is 0 Å². The minimum absolute atomic E-state index is 0.0665. The summed E-state index contributed by atoms with van der Waals surface area (Å²) in [6.45, 7) is 1.28. The number of benzene rings is 2. The predicted octanol–water partition coefficient (Wildman–Crippen LogP) is 4.40. The number of hydrogen-bond donors (Lipinski definition) is 1. The second-order valence-electron chi connectivity index (χ2n) is 8.69. The van der Waals surface area contributed by atoms with Gasteiger partial charge < -0.3 is 24.4 Å². The molecule has 2 aromatic carbocycles. The summed E-state index contributed by atoms with van der Waals surface area (Å²) in [6.07, 6.45) is 2.28. The number of carbonyl (C=O) groups excluding carboxylic acids is 2. The molecule has 1 saturated heterocycles. The Labute approximate surface area is 209 Å². The zero-order valence-corrected chi connectivity index (χ0v) is 20.9. The van der Waals surface area contributed by atoms with E-state index in [4.69, 9.17) is 37.4 Å². The Morgan fingerprint density at radius 1 is 1.00 bits per heavy atom. The molecule has 9 heteroatoms. The Balaban J connectivity index is 1.66. The highest BCUT2D eigenvalue weighted by Crippen LogP contribution is 2.43. The van der Waals surface area contributed by atoms with Crippen LogP contribution in [-0.2, 0) is 4.79 Å². The van der Waals surface area contributed by atoms with Crippen molar-refractivity contribution in [3.63, 3.8) is 0 Å². The number of carbonyl (C=O) groups is 2. The SMILES string of the molecule is COc1cc(C2CN(C(=O)c3ccc(Cl)cc3Cl)CC2C(=O)NCC2CC2)cc(OC)c1OC. The van der Waals surface area contributed by atoms with Crippen LogP contribution >= 0.6 is 23.2 Å². The van der Waals surface area contributed by atoms with Gasteiger partial charge in [-0.1, -0.05) is 23.2 Å². The molecule has 2 amide bonds. The number of rotatable bonds is 8.